The highest BCUT2D eigenvalue weighted by Gasteiger charge is 2.08. The molecule has 4 nitrogen and oxygen atoms in total. The van der Waals surface area contributed by atoms with Gasteiger partial charge >= 0.3 is 5.97 Å². The monoisotopic (exact) mass is 316 g/mol. The SMILES string of the molecule is CCOC(=O)CCCS(=O)(=O)C=Cc1ccc(Cl)cc1. The van der Waals surface area contributed by atoms with Crippen LogP contribution in [0.1, 0.15) is 25.3 Å². The third-order valence-corrected chi connectivity index (χ3v) is 4.11. The number of ether oxygens (including phenoxy) is 1. The molecule has 0 heterocycles. The van der Waals surface area contributed by atoms with Gasteiger partial charge in [0.15, 0.2) is 9.84 Å². The van der Waals surface area contributed by atoms with Gasteiger partial charge < -0.3 is 4.74 Å². The Morgan fingerprint density at radius 3 is 2.55 bits per heavy atom. The van der Waals surface area contributed by atoms with Crippen molar-refractivity contribution in [2.75, 3.05) is 12.4 Å². The van der Waals surface area contributed by atoms with Gasteiger partial charge in [0.25, 0.3) is 0 Å². The van der Waals surface area contributed by atoms with E-state index in [0.29, 0.717) is 11.6 Å². The lowest BCUT2D eigenvalue weighted by Crippen LogP contribution is -2.08. The normalized spacial score (nSPS) is 11.7. The van der Waals surface area contributed by atoms with Crippen molar-refractivity contribution in [3.63, 3.8) is 0 Å². The first-order valence-electron chi connectivity index (χ1n) is 6.25. The highest BCUT2D eigenvalue weighted by molar-refractivity contribution is 7.94. The minimum Gasteiger partial charge on any atom is -0.466 e. The second kappa shape index (κ2) is 8.07. The number of rotatable bonds is 7. The van der Waals surface area contributed by atoms with E-state index in [1.807, 2.05) is 0 Å². The van der Waals surface area contributed by atoms with Crippen LogP contribution in [0.5, 0.6) is 0 Å². The van der Waals surface area contributed by atoms with E-state index in [2.05, 4.69) is 0 Å². The zero-order chi connectivity index (χ0) is 15.0. The predicted octanol–water partition coefficient (Wildman–Crippen LogP) is 3.07. The lowest BCUT2D eigenvalue weighted by molar-refractivity contribution is -0.143. The maximum Gasteiger partial charge on any atom is 0.305 e. The molecule has 0 radical (unpaired) electrons. The quantitative estimate of drug-likeness (QED) is 0.725. The Morgan fingerprint density at radius 2 is 1.95 bits per heavy atom. The molecule has 0 aliphatic carbocycles. The molecule has 0 atom stereocenters. The Bertz CT molecular complexity index is 561. The van der Waals surface area contributed by atoms with Crippen molar-refractivity contribution in [3.05, 3.63) is 40.3 Å². The highest BCUT2D eigenvalue weighted by Crippen LogP contribution is 2.11. The molecule has 0 spiro atoms. The third-order valence-electron chi connectivity index (χ3n) is 2.45. The first kappa shape index (κ1) is 16.7. The number of carbonyl (C=O) groups is 1. The van der Waals surface area contributed by atoms with E-state index in [0.717, 1.165) is 11.0 Å². The summed E-state index contributed by atoms with van der Waals surface area (Å²) in [4.78, 5) is 11.1. The summed E-state index contributed by atoms with van der Waals surface area (Å²) in [6.07, 6.45) is 1.88. The average Bonchev–Trinajstić information content (AvgIpc) is 2.38. The molecule has 1 aromatic carbocycles. The first-order valence-corrected chi connectivity index (χ1v) is 8.34. The number of benzene rings is 1. The van der Waals surface area contributed by atoms with Crippen LogP contribution in [0, 0.1) is 0 Å². The van der Waals surface area contributed by atoms with Crippen molar-refractivity contribution in [1.29, 1.82) is 0 Å². The van der Waals surface area contributed by atoms with Crippen LogP contribution in [0.15, 0.2) is 29.7 Å². The second-order valence-electron chi connectivity index (χ2n) is 4.13. The summed E-state index contributed by atoms with van der Waals surface area (Å²) >= 11 is 5.74. The van der Waals surface area contributed by atoms with E-state index in [1.165, 1.54) is 6.08 Å². The summed E-state index contributed by atoms with van der Waals surface area (Å²) in [6.45, 7) is 2.02. The van der Waals surface area contributed by atoms with Crippen LogP contribution < -0.4 is 0 Å². The molecule has 0 saturated carbocycles. The largest absolute Gasteiger partial charge is 0.466 e. The Balaban J connectivity index is 2.49. The summed E-state index contributed by atoms with van der Waals surface area (Å²) in [5.41, 5.74) is 0.753. The summed E-state index contributed by atoms with van der Waals surface area (Å²) in [5.74, 6) is -0.444. The van der Waals surface area contributed by atoms with Crippen molar-refractivity contribution in [2.24, 2.45) is 0 Å². The van der Waals surface area contributed by atoms with Crippen molar-refractivity contribution in [1.82, 2.24) is 0 Å². The molecule has 0 aromatic heterocycles. The molecule has 0 aliphatic heterocycles. The molecular formula is C14H17ClO4S. The topological polar surface area (TPSA) is 60.4 Å². The Hall–Kier alpha value is -1.33. The summed E-state index contributed by atoms with van der Waals surface area (Å²) in [7, 11) is -3.32. The fourth-order valence-electron chi connectivity index (χ4n) is 1.48. The molecular weight excluding hydrogens is 300 g/mol. The van der Waals surface area contributed by atoms with E-state index in [9.17, 15) is 13.2 Å². The molecule has 0 bridgehead atoms. The van der Waals surface area contributed by atoms with Gasteiger partial charge in [0, 0.05) is 16.9 Å². The maximum absolute atomic E-state index is 11.7. The number of carbonyl (C=O) groups excluding carboxylic acids is 1. The molecule has 0 aliphatic rings. The van der Waals surface area contributed by atoms with Gasteiger partial charge in [-0.15, -0.1) is 0 Å². The van der Waals surface area contributed by atoms with Crippen LogP contribution in [0.4, 0.5) is 0 Å². The number of halogens is 1. The van der Waals surface area contributed by atoms with Gasteiger partial charge in [-0.3, -0.25) is 4.79 Å². The van der Waals surface area contributed by atoms with Gasteiger partial charge in [-0.1, -0.05) is 23.7 Å². The van der Waals surface area contributed by atoms with Crippen LogP contribution in [0.25, 0.3) is 6.08 Å². The molecule has 1 rings (SSSR count). The van der Waals surface area contributed by atoms with E-state index >= 15 is 0 Å². The summed E-state index contributed by atoms with van der Waals surface area (Å²) in [5, 5.41) is 1.75. The predicted molar refractivity (Wildman–Crippen MR) is 80.1 cm³/mol. The fourth-order valence-corrected chi connectivity index (χ4v) is 2.65. The molecule has 1 aromatic rings. The molecule has 0 saturated heterocycles. The van der Waals surface area contributed by atoms with Crippen molar-refractivity contribution >= 4 is 33.5 Å². The lowest BCUT2D eigenvalue weighted by Gasteiger charge is -2.01. The van der Waals surface area contributed by atoms with Crippen LogP contribution in [0.3, 0.4) is 0 Å². The Morgan fingerprint density at radius 1 is 1.30 bits per heavy atom. The minimum atomic E-state index is -3.32. The minimum absolute atomic E-state index is 0.0735. The summed E-state index contributed by atoms with van der Waals surface area (Å²) < 4.78 is 28.2. The Kier molecular flexibility index (Phi) is 6.75. The second-order valence-corrected chi connectivity index (χ2v) is 6.57. The van der Waals surface area contributed by atoms with E-state index in [-0.39, 0.29) is 24.6 Å². The van der Waals surface area contributed by atoms with Crippen LogP contribution in [-0.2, 0) is 19.4 Å². The Labute approximate surface area is 124 Å². The van der Waals surface area contributed by atoms with E-state index in [4.69, 9.17) is 16.3 Å². The molecule has 0 N–H and O–H groups in total. The van der Waals surface area contributed by atoms with Gasteiger partial charge in [0.1, 0.15) is 0 Å². The van der Waals surface area contributed by atoms with Gasteiger partial charge in [-0.25, -0.2) is 8.42 Å². The standard InChI is InChI=1S/C14H17ClO4S/c1-2-19-14(16)4-3-10-20(17,18)11-9-12-5-7-13(15)8-6-12/h5-9,11H,2-4,10H2,1H3. The zero-order valence-corrected chi connectivity index (χ0v) is 12.8. The molecule has 110 valence electrons. The highest BCUT2D eigenvalue weighted by atomic mass is 35.5. The van der Waals surface area contributed by atoms with Gasteiger partial charge in [0.2, 0.25) is 0 Å². The van der Waals surface area contributed by atoms with Crippen molar-refractivity contribution < 1.29 is 17.9 Å². The molecule has 6 heteroatoms. The average molecular weight is 317 g/mol. The fraction of sp³-hybridized carbons (Fsp3) is 0.357. The van der Waals surface area contributed by atoms with Crippen LogP contribution in [0.2, 0.25) is 5.02 Å². The van der Waals surface area contributed by atoms with E-state index < -0.39 is 9.84 Å². The zero-order valence-electron chi connectivity index (χ0n) is 11.2. The van der Waals surface area contributed by atoms with Crippen LogP contribution >= 0.6 is 11.6 Å². The van der Waals surface area contributed by atoms with E-state index in [1.54, 1.807) is 31.2 Å². The number of hydrogen-bond donors (Lipinski definition) is 0. The third kappa shape index (κ3) is 6.73. The number of sulfone groups is 1. The maximum atomic E-state index is 11.7. The van der Waals surface area contributed by atoms with Gasteiger partial charge in [-0.2, -0.15) is 0 Å². The van der Waals surface area contributed by atoms with Crippen molar-refractivity contribution in [2.45, 2.75) is 19.8 Å². The molecule has 0 fully saturated rings. The van der Waals surface area contributed by atoms with Gasteiger partial charge in [0.05, 0.1) is 12.4 Å². The summed E-state index contributed by atoms with van der Waals surface area (Å²) in [6, 6.07) is 6.84. The van der Waals surface area contributed by atoms with Gasteiger partial charge in [-0.05, 0) is 37.1 Å². The molecule has 0 amide bonds. The number of esters is 1. The molecule has 0 unspecified atom stereocenters. The lowest BCUT2D eigenvalue weighted by atomic mass is 10.2. The number of hydrogen-bond acceptors (Lipinski definition) is 4. The first-order chi connectivity index (χ1) is 9.43. The van der Waals surface area contributed by atoms with Crippen LogP contribution in [-0.4, -0.2) is 26.7 Å². The van der Waals surface area contributed by atoms with Crippen molar-refractivity contribution in [3.8, 4) is 0 Å². The smallest absolute Gasteiger partial charge is 0.305 e. The molecule has 20 heavy (non-hydrogen) atoms.